The fourth-order valence-electron chi connectivity index (χ4n) is 2.82. The fraction of sp³-hybridized carbons (Fsp3) is 0.600. The van der Waals surface area contributed by atoms with Crippen LogP contribution < -0.4 is 11.1 Å². The van der Waals surface area contributed by atoms with Crippen LogP contribution in [0.2, 0.25) is 0 Å². The van der Waals surface area contributed by atoms with Crippen molar-refractivity contribution < 1.29 is 13.2 Å². The monoisotopic (exact) mass is 286 g/mol. The molecule has 0 aromatic heterocycles. The Labute approximate surface area is 117 Å². The molecule has 1 fully saturated rings. The third-order valence-electron chi connectivity index (χ3n) is 4.26. The van der Waals surface area contributed by atoms with Crippen LogP contribution in [0.1, 0.15) is 31.2 Å². The van der Waals surface area contributed by atoms with Crippen molar-refractivity contribution in [2.24, 2.45) is 11.7 Å². The van der Waals surface area contributed by atoms with Gasteiger partial charge in [-0.25, -0.2) is 0 Å². The molecular formula is C15H21F3N2. The maximum atomic E-state index is 12.7. The van der Waals surface area contributed by atoms with Crippen LogP contribution in [-0.4, -0.2) is 18.3 Å². The lowest BCUT2D eigenvalue weighted by molar-refractivity contribution is -0.183. The summed E-state index contributed by atoms with van der Waals surface area (Å²) in [5.74, 6) is -1.18. The molecule has 0 saturated heterocycles. The first kappa shape index (κ1) is 15.2. The molecule has 0 amide bonds. The van der Waals surface area contributed by atoms with Crippen molar-refractivity contribution in [2.45, 2.75) is 44.3 Å². The number of benzene rings is 1. The second kappa shape index (κ2) is 5.64. The number of anilines is 1. The Morgan fingerprint density at radius 1 is 1.20 bits per heavy atom. The molecule has 1 aliphatic carbocycles. The molecular weight excluding hydrogens is 265 g/mol. The predicted molar refractivity (Wildman–Crippen MR) is 74.6 cm³/mol. The van der Waals surface area contributed by atoms with Gasteiger partial charge in [-0.05, 0) is 44.7 Å². The van der Waals surface area contributed by atoms with Gasteiger partial charge in [0.2, 0.25) is 0 Å². The molecule has 0 spiro atoms. The van der Waals surface area contributed by atoms with Crippen molar-refractivity contribution in [1.29, 1.82) is 0 Å². The molecule has 0 aliphatic heterocycles. The highest BCUT2D eigenvalue weighted by Crippen LogP contribution is 2.41. The molecule has 0 heterocycles. The van der Waals surface area contributed by atoms with Gasteiger partial charge in [-0.15, -0.1) is 0 Å². The van der Waals surface area contributed by atoms with E-state index in [1.54, 1.807) is 0 Å². The van der Waals surface area contributed by atoms with Gasteiger partial charge < -0.3 is 11.1 Å². The molecule has 1 aromatic carbocycles. The van der Waals surface area contributed by atoms with E-state index < -0.39 is 17.6 Å². The smallest absolute Gasteiger partial charge is 0.378 e. The first-order chi connectivity index (χ1) is 9.35. The van der Waals surface area contributed by atoms with Crippen molar-refractivity contribution in [3.05, 3.63) is 29.8 Å². The lowest BCUT2D eigenvalue weighted by atomic mass is 9.76. The Morgan fingerprint density at radius 2 is 1.75 bits per heavy atom. The highest BCUT2D eigenvalue weighted by atomic mass is 19.4. The van der Waals surface area contributed by atoms with Crippen molar-refractivity contribution in [2.75, 3.05) is 11.9 Å². The van der Waals surface area contributed by atoms with Crippen LogP contribution in [-0.2, 0) is 0 Å². The zero-order chi connectivity index (χ0) is 14.8. The second-order valence-electron chi connectivity index (χ2n) is 5.79. The van der Waals surface area contributed by atoms with Gasteiger partial charge in [-0.2, -0.15) is 13.2 Å². The number of hydrogen-bond acceptors (Lipinski definition) is 2. The van der Waals surface area contributed by atoms with Gasteiger partial charge in [0.05, 0.1) is 5.92 Å². The summed E-state index contributed by atoms with van der Waals surface area (Å²) in [6, 6.07) is 7.85. The summed E-state index contributed by atoms with van der Waals surface area (Å²) >= 11 is 0. The minimum absolute atomic E-state index is 0.152. The van der Waals surface area contributed by atoms with Crippen LogP contribution in [0.4, 0.5) is 18.9 Å². The molecule has 1 aromatic rings. The van der Waals surface area contributed by atoms with Gasteiger partial charge in [0, 0.05) is 17.8 Å². The summed E-state index contributed by atoms with van der Waals surface area (Å²) in [7, 11) is 0. The van der Waals surface area contributed by atoms with E-state index >= 15 is 0 Å². The maximum Gasteiger partial charge on any atom is 0.391 e. The second-order valence-corrected chi connectivity index (χ2v) is 5.79. The Balaban J connectivity index is 2.03. The third-order valence-corrected chi connectivity index (χ3v) is 4.26. The van der Waals surface area contributed by atoms with Gasteiger partial charge in [-0.3, -0.25) is 0 Å². The topological polar surface area (TPSA) is 38.0 Å². The number of halogens is 3. The van der Waals surface area contributed by atoms with E-state index in [-0.39, 0.29) is 12.8 Å². The van der Waals surface area contributed by atoms with Crippen LogP contribution in [0, 0.1) is 12.8 Å². The van der Waals surface area contributed by atoms with E-state index in [0.717, 1.165) is 11.3 Å². The molecule has 1 saturated carbocycles. The van der Waals surface area contributed by atoms with Crippen LogP contribution in [0.25, 0.3) is 0 Å². The zero-order valence-corrected chi connectivity index (χ0v) is 11.6. The molecule has 0 radical (unpaired) electrons. The van der Waals surface area contributed by atoms with Gasteiger partial charge in [0.25, 0.3) is 0 Å². The van der Waals surface area contributed by atoms with Gasteiger partial charge >= 0.3 is 6.18 Å². The number of hydrogen-bond donors (Lipinski definition) is 2. The normalized spacial score (nSPS) is 27.4. The Kier molecular flexibility index (Phi) is 4.28. The van der Waals surface area contributed by atoms with E-state index in [0.29, 0.717) is 19.4 Å². The predicted octanol–water partition coefficient (Wildman–Crippen LogP) is 3.86. The molecule has 20 heavy (non-hydrogen) atoms. The largest absolute Gasteiger partial charge is 0.391 e. The molecule has 2 nitrogen and oxygen atoms in total. The number of alkyl halides is 3. The Morgan fingerprint density at radius 3 is 2.20 bits per heavy atom. The summed E-state index contributed by atoms with van der Waals surface area (Å²) in [6.07, 6.45) is -2.85. The molecule has 3 N–H and O–H groups in total. The van der Waals surface area contributed by atoms with Crippen molar-refractivity contribution in [1.82, 2.24) is 0 Å². The van der Waals surface area contributed by atoms with E-state index in [2.05, 4.69) is 5.32 Å². The highest BCUT2D eigenvalue weighted by molar-refractivity contribution is 5.47. The average molecular weight is 286 g/mol. The molecule has 0 bridgehead atoms. The van der Waals surface area contributed by atoms with Crippen molar-refractivity contribution in [3.63, 3.8) is 0 Å². The lowest BCUT2D eigenvalue weighted by Crippen LogP contribution is -2.49. The highest BCUT2D eigenvalue weighted by Gasteiger charge is 2.45. The van der Waals surface area contributed by atoms with Crippen molar-refractivity contribution >= 4 is 5.69 Å². The zero-order valence-electron chi connectivity index (χ0n) is 11.6. The Hall–Kier alpha value is -1.23. The molecule has 0 unspecified atom stereocenters. The molecule has 0 atom stereocenters. The summed E-state index contributed by atoms with van der Waals surface area (Å²) in [4.78, 5) is 0. The maximum absolute atomic E-state index is 12.7. The van der Waals surface area contributed by atoms with Gasteiger partial charge in [0.1, 0.15) is 0 Å². The molecule has 5 heteroatoms. The number of nitrogens with one attached hydrogen (secondary N) is 1. The van der Waals surface area contributed by atoms with E-state index in [4.69, 9.17) is 5.73 Å². The first-order valence-electron chi connectivity index (χ1n) is 6.96. The Bertz CT molecular complexity index is 431. The summed E-state index contributed by atoms with van der Waals surface area (Å²) in [5, 5.41) is 3.35. The molecule has 2 rings (SSSR count). The SMILES string of the molecule is Cc1ccc(NC2(CN)CCC(C(F)(F)F)CC2)cc1. The molecule has 1 aliphatic rings. The standard InChI is InChI=1S/C15H21F3N2/c1-11-2-4-13(5-3-11)20-14(10-19)8-6-12(7-9-14)15(16,17)18/h2-5,12,20H,6-10,19H2,1H3. The van der Waals surface area contributed by atoms with E-state index in [1.807, 2.05) is 31.2 Å². The molecule has 112 valence electrons. The lowest BCUT2D eigenvalue weighted by Gasteiger charge is -2.41. The van der Waals surface area contributed by atoms with Crippen LogP contribution >= 0.6 is 0 Å². The fourth-order valence-corrected chi connectivity index (χ4v) is 2.82. The summed E-state index contributed by atoms with van der Waals surface area (Å²) < 4.78 is 38.2. The number of nitrogens with two attached hydrogens (primary N) is 1. The first-order valence-corrected chi connectivity index (χ1v) is 6.96. The van der Waals surface area contributed by atoms with Crippen LogP contribution in [0.5, 0.6) is 0 Å². The third kappa shape index (κ3) is 3.45. The van der Waals surface area contributed by atoms with Crippen LogP contribution in [0.15, 0.2) is 24.3 Å². The summed E-state index contributed by atoms with van der Waals surface area (Å²) in [5.41, 5.74) is 7.49. The number of rotatable bonds is 3. The van der Waals surface area contributed by atoms with E-state index in [9.17, 15) is 13.2 Å². The van der Waals surface area contributed by atoms with Gasteiger partial charge in [-0.1, -0.05) is 17.7 Å². The number of aryl methyl sites for hydroxylation is 1. The minimum atomic E-state index is -4.08. The van der Waals surface area contributed by atoms with Crippen molar-refractivity contribution in [3.8, 4) is 0 Å². The summed E-state index contributed by atoms with van der Waals surface area (Å²) in [6.45, 7) is 2.35. The van der Waals surface area contributed by atoms with Crippen LogP contribution in [0.3, 0.4) is 0 Å². The quantitative estimate of drug-likeness (QED) is 0.885. The average Bonchev–Trinajstić information content (AvgIpc) is 2.41. The van der Waals surface area contributed by atoms with E-state index in [1.165, 1.54) is 0 Å². The minimum Gasteiger partial charge on any atom is -0.378 e. The van der Waals surface area contributed by atoms with Gasteiger partial charge in [0.15, 0.2) is 0 Å².